The van der Waals surface area contributed by atoms with E-state index in [1.165, 1.54) is 0 Å². The standard InChI is InChI=1S/C11H8F5N3O2/c1-3(10(20)21-19-11(17)18)2-4-5(12)7(14)9(16)8(15)6(4)13/h2H,1H3,(H4,17,18,19)/b3-2+. The molecule has 0 bridgehead atoms. The molecule has 1 rings (SSSR count). The van der Waals surface area contributed by atoms with Crippen LogP contribution in [0, 0.1) is 29.1 Å². The number of carbonyl (C=O) groups is 1. The highest BCUT2D eigenvalue weighted by Gasteiger charge is 2.25. The van der Waals surface area contributed by atoms with Gasteiger partial charge >= 0.3 is 5.97 Å². The molecule has 0 aliphatic carbocycles. The van der Waals surface area contributed by atoms with Gasteiger partial charge in [-0.25, -0.2) is 26.7 Å². The van der Waals surface area contributed by atoms with E-state index in [-0.39, 0.29) is 0 Å². The van der Waals surface area contributed by atoms with Crippen LogP contribution in [0.25, 0.3) is 6.08 Å². The number of nitrogens with zero attached hydrogens (tertiary/aromatic N) is 1. The fourth-order valence-electron chi connectivity index (χ4n) is 1.19. The summed E-state index contributed by atoms with van der Waals surface area (Å²) in [5.41, 5.74) is 7.95. The van der Waals surface area contributed by atoms with Gasteiger partial charge in [0.15, 0.2) is 23.3 Å². The number of benzene rings is 1. The fraction of sp³-hybridized carbons (Fsp3) is 0.0909. The molecule has 0 saturated heterocycles. The van der Waals surface area contributed by atoms with E-state index in [9.17, 15) is 26.7 Å². The van der Waals surface area contributed by atoms with Crippen molar-refractivity contribution < 1.29 is 31.6 Å². The maximum Gasteiger partial charge on any atom is 0.361 e. The molecule has 1 aromatic rings. The Kier molecular flexibility index (Phi) is 4.84. The van der Waals surface area contributed by atoms with Gasteiger partial charge in [0.1, 0.15) is 0 Å². The van der Waals surface area contributed by atoms with Gasteiger partial charge in [-0.2, -0.15) is 0 Å². The van der Waals surface area contributed by atoms with E-state index in [1.807, 2.05) is 0 Å². The van der Waals surface area contributed by atoms with Crippen LogP contribution in [0.15, 0.2) is 10.7 Å². The van der Waals surface area contributed by atoms with Gasteiger partial charge in [0.2, 0.25) is 11.8 Å². The molecule has 0 amide bonds. The van der Waals surface area contributed by atoms with E-state index < -0.39 is 52.2 Å². The van der Waals surface area contributed by atoms with Crippen LogP contribution in [-0.2, 0) is 9.63 Å². The summed E-state index contributed by atoms with van der Waals surface area (Å²) in [5.74, 6) is -12.6. The van der Waals surface area contributed by atoms with Gasteiger partial charge in [0, 0.05) is 5.57 Å². The first-order chi connectivity index (χ1) is 9.66. The van der Waals surface area contributed by atoms with Crippen LogP contribution in [-0.4, -0.2) is 11.9 Å². The minimum absolute atomic E-state index is 0.417. The lowest BCUT2D eigenvalue weighted by molar-refractivity contribution is -0.138. The number of oxime groups is 1. The molecule has 0 atom stereocenters. The van der Waals surface area contributed by atoms with Crippen LogP contribution < -0.4 is 11.5 Å². The summed E-state index contributed by atoms with van der Waals surface area (Å²) in [7, 11) is 0. The van der Waals surface area contributed by atoms with Crippen LogP contribution in [0.3, 0.4) is 0 Å². The molecule has 5 nitrogen and oxygen atoms in total. The average molecular weight is 309 g/mol. The zero-order valence-corrected chi connectivity index (χ0v) is 10.4. The van der Waals surface area contributed by atoms with Crippen LogP contribution in [0.2, 0.25) is 0 Å². The molecule has 1 aromatic carbocycles. The molecule has 0 aliphatic rings. The second-order valence-electron chi connectivity index (χ2n) is 3.71. The third-order valence-electron chi connectivity index (χ3n) is 2.16. The first-order valence-electron chi connectivity index (χ1n) is 5.16. The molecule has 0 aromatic heterocycles. The Labute approximate surface area is 114 Å². The zero-order chi connectivity index (χ0) is 16.3. The van der Waals surface area contributed by atoms with E-state index >= 15 is 0 Å². The summed E-state index contributed by atoms with van der Waals surface area (Å²) in [6.45, 7) is 1.00. The highest BCUT2D eigenvalue weighted by Crippen LogP contribution is 2.25. The second-order valence-corrected chi connectivity index (χ2v) is 3.71. The number of guanidine groups is 1. The van der Waals surface area contributed by atoms with Crippen molar-refractivity contribution in [2.45, 2.75) is 6.92 Å². The van der Waals surface area contributed by atoms with Crippen molar-refractivity contribution >= 4 is 18.0 Å². The van der Waals surface area contributed by atoms with Crippen molar-refractivity contribution in [2.75, 3.05) is 0 Å². The van der Waals surface area contributed by atoms with Crippen molar-refractivity contribution in [3.63, 3.8) is 0 Å². The first-order valence-corrected chi connectivity index (χ1v) is 5.16. The van der Waals surface area contributed by atoms with Gasteiger partial charge in [0.05, 0.1) is 5.56 Å². The SMILES string of the molecule is C/C(=C\c1c(F)c(F)c(F)c(F)c1F)C(=O)ON=C(N)N. The molecular weight excluding hydrogens is 301 g/mol. The summed E-state index contributed by atoms with van der Waals surface area (Å²) in [4.78, 5) is 15.4. The van der Waals surface area contributed by atoms with E-state index in [0.29, 0.717) is 6.08 Å². The second kappa shape index (κ2) is 6.20. The quantitative estimate of drug-likeness (QED) is 0.129. The predicted octanol–water partition coefficient (Wildman–Crippen LogP) is 1.52. The van der Waals surface area contributed by atoms with Crippen LogP contribution in [0.5, 0.6) is 0 Å². The van der Waals surface area contributed by atoms with Crippen LogP contribution in [0.4, 0.5) is 22.0 Å². The minimum Gasteiger partial charge on any atom is -0.367 e. The van der Waals surface area contributed by atoms with E-state index in [1.54, 1.807) is 0 Å². The van der Waals surface area contributed by atoms with E-state index in [4.69, 9.17) is 11.5 Å². The lowest BCUT2D eigenvalue weighted by atomic mass is 10.1. The summed E-state index contributed by atoms with van der Waals surface area (Å²) in [6, 6.07) is 0. The molecule has 0 spiro atoms. The molecule has 21 heavy (non-hydrogen) atoms. The number of hydrogen-bond acceptors (Lipinski definition) is 3. The van der Waals surface area contributed by atoms with Crippen LogP contribution >= 0.6 is 0 Å². The third-order valence-corrected chi connectivity index (χ3v) is 2.16. The van der Waals surface area contributed by atoms with Gasteiger partial charge in [-0.15, -0.1) is 0 Å². The summed E-state index contributed by atoms with van der Waals surface area (Å²) in [5, 5.41) is 2.87. The molecule has 0 saturated carbocycles. The lowest BCUT2D eigenvalue weighted by Gasteiger charge is -2.05. The Hall–Kier alpha value is -2.65. The minimum atomic E-state index is -2.30. The molecule has 0 unspecified atom stereocenters. The maximum atomic E-state index is 13.4. The van der Waals surface area contributed by atoms with Gasteiger partial charge in [0.25, 0.3) is 0 Å². The number of hydrogen-bond donors (Lipinski definition) is 2. The molecule has 0 fully saturated rings. The molecule has 4 N–H and O–H groups in total. The monoisotopic (exact) mass is 309 g/mol. The normalized spacial score (nSPS) is 11.2. The smallest absolute Gasteiger partial charge is 0.361 e. The Morgan fingerprint density at radius 2 is 1.43 bits per heavy atom. The van der Waals surface area contributed by atoms with Gasteiger partial charge in [-0.1, -0.05) is 0 Å². The van der Waals surface area contributed by atoms with Gasteiger partial charge < -0.3 is 16.3 Å². The average Bonchev–Trinajstić information content (AvgIpc) is 2.44. The summed E-state index contributed by atoms with van der Waals surface area (Å²) >= 11 is 0. The van der Waals surface area contributed by atoms with Gasteiger partial charge in [-0.3, -0.25) is 0 Å². The molecule has 0 aliphatic heterocycles. The molecular formula is C11H8F5N3O2. The maximum absolute atomic E-state index is 13.4. The first kappa shape index (κ1) is 16.4. The lowest BCUT2D eigenvalue weighted by Crippen LogP contribution is -2.23. The summed E-state index contributed by atoms with van der Waals surface area (Å²) in [6.07, 6.45) is 0.417. The van der Waals surface area contributed by atoms with E-state index in [0.717, 1.165) is 6.92 Å². The Bertz CT molecular complexity index is 625. The number of halogens is 5. The Balaban J connectivity index is 3.27. The molecule has 0 heterocycles. The highest BCUT2D eigenvalue weighted by atomic mass is 19.2. The van der Waals surface area contributed by atoms with Crippen molar-refractivity contribution in [1.29, 1.82) is 0 Å². The fourth-order valence-corrected chi connectivity index (χ4v) is 1.19. The molecule has 0 radical (unpaired) electrons. The van der Waals surface area contributed by atoms with Crippen LogP contribution in [0.1, 0.15) is 12.5 Å². The van der Waals surface area contributed by atoms with E-state index in [2.05, 4.69) is 9.99 Å². The highest BCUT2D eigenvalue weighted by molar-refractivity contribution is 5.93. The number of rotatable bonds is 3. The molecule has 10 heteroatoms. The Morgan fingerprint density at radius 3 is 1.86 bits per heavy atom. The topological polar surface area (TPSA) is 90.7 Å². The third kappa shape index (κ3) is 3.46. The van der Waals surface area contributed by atoms with Crippen molar-refractivity contribution in [3.05, 3.63) is 40.2 Å². The largest absolute Gasteiger partial charge is 0.367 e. The zero-order valence-electron chi connectivity index (χ0n) is 10.4. The number of carbonyl (C=O) groups excluding carboxylic acids is 1. The van der Waals surface area contributed by atoms with Crippen molar-refractivity contribution in [3.8, 4) is 0 Å². The summed E-state index contributed by atoms with van der Waals surface area (Å²) < 4.78 is 65.4. The molecule has 114 valence electrons. The number of nitrogens with two attached hydrogens (primary N) is 2. The Morgan fingerprint density at radius 1 is 1.00 bits per heavy atom. The van der Waals surface area contributed by atoms with Crippen molar-refractivity contribution in [2.24, 2.45) is 16.6 Å². The predicted molar refractivity (Wildman–Crippen MR) is 61.8 cm³/mol. The van der Waals surface area contributed by atoms with Gasteiger partial charge in [-0.05, 0) is 18.2 Å². The van der Waals surface area contributed by atoms with Crippen molar-refractivity contribution in [1.82, 2.24) is 0 Å².